The predicted octanol–water partition coefficient (Wildman–Crippen LogP) is 3.05. The highest BCUT2D eigenvalue weighted by atomic mass is 31.2. The molecule has 0 aliphatic carbocycles. The number of nitrogens with zero attached hydrogens (tertiary/aromatic N) is 4. The van der Waals surface area contributed by atoms with E-state index in [1.54, 1.807) is 6.07 Å². The Kier molecular flexibility index (Phi) is 5.98. The van der Waals surface area contributed by atoms with Gasteiger partial charge in [-0.25, -0.2) is 11.0 Å². The van der Waals surface area contributed by atoms with Crippen molar-refractivity contribution in [2.45, 2.75) is 0 Å². The molecule has 0 unspecified atom stereocenters. The third kappa shape index (κ3) is 3.31. The van der Waals surface area contributed by atoms with Crippen LogP contribution in [0.4, 0.5) is 11.4 Å². The monoisotopic (exact) mass is 299 g/mol. The Balaban J connectivity index is 3.00. The van der Waals surface area contributed by atoms with E-state index in [0.717, 1.165) is 0 Å². The van der Waals surface area contributed by atoms with Crippen molar-refractivity contribution in [1.82, 2.24) is 14.0 Å². The lowest BCUT2D eigenvalue weighted by Gasteiger charge is -2.36. The maximum absolute atomic E-state index is 7.18. The fraction of sp³-hybridized carbons (Fsp3) is 0.500. The molecule has 0 spiro atoms. The summed E-state index contributed by atoms with van der Waals surface area (Å²) < 4.78 is 12.2. The first-order chi connectivity index (χ1) is 9.36. The first-order valence-corrected chi connectivity index (χ1v) is 7.76. The van der Waals surface area contributed by atoms with Crippen LogP contribution < -0.4 is 5.48 Å². The minimum absolute atomic E-state index is 0.543. The van der Waals surface area contributed by atoms with Crippen molar-refractivity contribution in [3.8, 4) is 0 Å². The highest BCUT2D eigenvalue weighted by Crippen LogP contribution is 2.64. The summed E-state index contributed by atoms with van der Waals surface area (Å²) in [6.07, 6.45) is 0. The number of para-hydroxylation sites is 2. The fourth-order valence-electron chi connectivity index (χ4n) is 2.09. The van der Waals surface area contributed by atoms with Crippen LogP contribution in [0.1, 0.15) is 0 Å². The van der Waals surface area contributed by atoms with E-state index in [9.17, 15) is 0 Å². The molecule has 0 radical (unpaired) electrons. The molecular formula is C12H24N6OP+. The number of nitrogens with one attached hydrogen (secondary N) is 2. The van der Waals surface area contributed by atoms with Gasteiger partial charge in [0.1, 0.15) is 5.69 Å². The van der Waals surface area contributed by atoms with Gasteiger partial charge in [0.25, 0.3) is 0 Å². The largest absolute Gasteiger partial charge is 0.400 e. The van der Waals surface area contributed by atoms with Crippen molar-refractivity contribution in [3.05, 3.63) is 24.3 Å². The molecular weight excluding hydrogens is 275 g/mol. The number of hydrogen-bond donors (Lipinski definition) is 2. The second-order valence-electron chi connectivity index (χ2n) is 4.88. The maximum atomic E-state index is 7.18. The van der Waals surface area contributed by atoms with Gasteiger partial charge in [-0.2, -0.15) is 5.11 Å². The first kappa shape index (κ1) is 16.9. The van der Waals surface area contributed by atoms with Crippen LogP contribution in [0.2, 0.25) is 0 Å². The Bertz CT molecular complexity index is 430. The second kappa shape index (κ2) is 7.06. The molecule has 0 amide bonds. The van der Waals surface area contributed by atoms with Gasteiger partial charge >= 0.3 is 7.94 Å². The lowest BCUT2D eigenvalue weighted by molar-refractivity contribution is 0.286. The molecule has 0 fully saturated rings. The smallest absolute Gasteiger partial charge is 0.221 e. The number of rotatable bonds is 7. The third-order valence-corrected chi connectivity index (χ3v) is 6.33. The topological polar surface area (TPSA) is 67.2 Å². The van der Waals surface area contributed by atoms with E-state index >= 15 is 0 Å². The zero-order chi connectivity index (χ0) is 15.3. The molecule has 0 saturated heterocycles. The molecule has 8 heteroatoms. The standard InChI is InChI=1S/C12H24N6OP/c1-16(2)20(17(3)4,18(5)6)19-15-12-10-8-7-9-11(12)14-13/h7-10,13,15H,1-6H3/q+1. The van der Waals surface area contributed by atoms with Gasteiger partial charge in [-0.05, 0) is 12.1 Å². The van der Waals surface area contributed by atoms with Gasteiger partial charge in [0, 0.05) is 42.3 Å². The SMILES string of the molecule is CN(C)[P+](ONc1ccccc1N=N)(N(C)C)N(C)C. The summed E-state index contributed by atoms with van der Waals surface area (Å²) in [6, 6.07) is 7.31. The number of anilines is 1. The van der Waals surface area contributed by atoms with E-state index in [-0.39, 0.29) is 0 Å². The van der Waals surface area contributed by atoms with Crippen LogP contribution in [0.3, 0.4) is 0 Å². The summed E-state index contributed by atoms with van der Waals surface area (Å²) in [4.78, 5) is 0. The number of benzene rings is 1. The molecule has 20 heavy (non-hydrogen) atoms. The lowest BCUT2D eigenvalue weighted by Crippen LogP contribution is -2.38. The quantitative estimate of drug-likeness (QED) is 0.460. The molecule has 7 nitrogen and oxygen atoms in total. The van der Waals surface area contributed by atoms with Crippen molar-refractivity contribution in [1.29, 1.82) is 5.53 Å². The van der Waals surface area contributed by atoms with E-state index in [2.05, 4.69) is 24.6 Å². The molecule has 0 heterocycles. The third-order valence-electron chi connectivity index (χ3n) is 2.87. The molecule has 0 aromatic heterocycles. The Hall–Kier alpha value is -1.11. The lowest BCUT2D eigenvalue weighted by atomic mass is 10.3. The molecule has 1 rings (SSSR count). The highest BCUT2D eigenvalue weighted by molar-refractivity contribution is 7.64. The fourth-order valence-corrected chi connectivity index (χ4v) is 4.94. The van der Waals surface area contributed by atoms with Crippen molar-refractivity contribution in [3.63, 3.8) is 0 Å². The van der Waals surface area contributed by atoms with Gasteiger partial charge in [-0.1, -0.05) is 16.8 Å². The van der Waals surface area contributed by atoms with Crippen LogP contribution in [0.15, 0.2) is 29.4 Å². The van der Waals surface area contributed by atoms with Gasteiger partial charge in [-0.3, -0.25) is 0 Å². The van der Waals surface area contributed by atoms with Gasteiger partial charge in [0.15, 0.2) is 0 Å². The average molecular weight is 299 g/mol. The summed E-state index contributed by atoms with van der Waals surface area (Å²) >= 11 is 0. The van der Waals surface area contributed by atoms with E-state index in [1.807, 2.05) is 60.5 Å². The normalized spacial score (nSPS) is 12.2. The first-order valence-electron chi connectivity index (χ1n) is 6.19. The summed E-state index contributed by atoms with van der Waals surface area (Å²) in [5.41, 5.74) is 11.4. The Labute approximate surface area is 121 Å². The van der Waals surface area contributed by atoms with E-state index in [4.69, 9.17) is 10.2 Å². The van der Waals surface area contributed by atoms with Crippen molar-refractivity contribution in [2.24, 2.45) is 5.11 Å². The second-order valence-corrected chi connectivity index (χ2v) is 8.49. The molecule has 2 N–H and O–H groups in total. The summed E-state index contributed by atoms with van der Waals surface area (Å²) in [7, 11) is 9.77. The molecule has 0 saturated carbocycles. The van der Waals surface area contributed by atoms with E-state index in [0.29, 0.717) is 11.4 Å². The zero-order valence-corrected chi connectivity index (χ0v) is 13.8. The van der Waals surface area contributed by atoms with Gasteiger partial charge < -0.3 is 0 Å². The van der Waals surface area contributed by atoms with Crippen molar-refractivity contribution < 1.29 is 4.62 Å². The molecule has 0 atom stereocenters. The summed E-state index contributed by atoms with van der Waals surface area (Å²) in [5.74, 6) is 0. The highest BCUT2D eigenvalue weighted by Gasteiger charge is 2.52. The van der Waals surface area contributed by atoms with E-state index < -0.39 is 7.94 Å². The van der Waals surface area contributed by atoms with Gasteiger partial charge in [-0.15, -0.1) is 14.0 Å². The minimum atomic E-state index is -2.12. The molecule has 0 aliphatic rings. The Morgan fingerprint density at radius 2 is 1.50 bits per heavy atom. The van der Waals surface area contributed by atoms with Crippen LogP contribution in [0.25, 0.3) is 0 Å². The average Bonchev–Trinajstić information content (AvgIpc) is 2.38. The van der Waals surface area contributed by atoms with Gasteiger partial charge in [0.05, 0.1) is 5.69 Å². The van der Waals surface area contributed by atoms with Crippen LogP contribution in [0.5, 0.6) is 0 Å². The molecule has 1 aromatic rings. The minimum Gasteiger partial charge on any atom is -0.221 e. The van der Waals surface area contributed by atoms with Crippen LogP contribution >= 0.6 is 7.94 Å². The van der Waals surface area contributed by atoms with Crippen molar-refractivity contribution >= 4 is 19.3 Å². The summed E-state index contributed by atoms with van der Waals surface area (Å²) in [5, 5.41) is 3.48. The zero-order valence-electron chi connectivity index (χ0n) is 13.0. The molecule has 112 valence electrons. The Morgan fingerprint density at radius 1 is 1.00 bits per heavy atom. The Morgan fingerprint density at radius 3 is 1.95 bits per heavy atom. The van der Waals surface area contributed by atoms with Crippen molar-refractivity contribution in [2.75, 3.05) is 47.8 Å². The van der Waals surface area contributed by atoms with Crippen LogP contribution in [0, 0.1) is 5.53 Å². The summed E-state index contributed by atoms with van der Waals surface area (Å²) in [6.45, 7) is 0. The predicted molar refractivity (Wildman–Crippen MR) is 83.9 cm³/mol. The molecule has 0 aliphatic heterocycles. The maximum Gasteiger partial charge on any atom is 0.400 e. The molecule has 1 aromatic carbocycles. The molecule has 0 bridgehead atoms. The van der Waals surface area contributed by atoms with Crippen LogP contribution in [-0.2, 0) is 4.62 Å². The van der Waals surface area contributed by atoms with Gasteiger partial charge in [0.2, 0.25) is 0 Å². The van der Waals surface area contributed by atoms with E-state index in [1.165, 1.54) is 0 Å². The van der Waals surface area contributed by atoms with Crippen LogP contribution in [-0.4, -0.2) is 56.3 Å². The number of hydrogen-bond acceptors (Lipinski definition) is 7.